The highest BCUT2D eigenvalue weighted by Gasteiger charge is 2.21. The van der Waals surface area contributed by atoms with E-state index in [1.165, 1.54) is 6.42 Å². The summed E-state index contributed by atoms with van der Waals surface area (Å²) in [6, 6.07) is 0.607. The molecule has 0 radical (unpaired) electrons. The van der Waals surface area contributed by atoms with Crippen LogP contribution in [0.1, 0.15) is 33.0 Å². The summed E-state index contributed by atoms with van der Waals surface area (Å²) < 4.78 is 2.15. The van der Waals surface area contributed by atoms with Gasteiger partial charge in [0.1, 0.15) is 12.2 Å². The first-order valence-corrected chi connectivity index (χ1v) is 6.98. The van der Waals surface area contributed by atoms with Gasteiger partial charge in [-0.25, -0.2) is 0 Å². The van der Waals surface area contributed by atoms with E-state index in [1.807, 2.05) is 6.33 Å². The van der Waals surface area contributed by atoms with Gasteiger partial charge in [-0.3, -0.25) is 4.90 Å². The summed E-state index contributed by atoms with van der Waals surface area (Å²) in [5.74, 6) is 1.83. The van der Waals surface area contributed by atoms with Gasteiger partial charge in [-0.2, -0.15) is 0 Å². The smallest absolute Gasteiger partial charge is 0.147 e. The second kappa shape index (κ2) is 6.29. The number of hydrogen-bond donors (Lipinski definition) is 1. The Balaban J connectivity index is 1.72. The predicted octanol–water partition coefficient (Wildman–Crippen LogP) is 1.12. The van der Waals surface area contributed by atoms with Crippen molar-refractivity contribution in [2.24, 2.45) is 5.92 Å². The fourth-order valence-electron chi connectivity index (χ4n) is 2.35. The molecule has 0 amide bonds. The molecule has 1 aromatic heterocycles. The van der Waals surface area contributed by atoms with Crippen LogP contribution in [-0.4, -0.2) is 45.3 Å². The van der Waals surface area contributed by atoms with Crippen LogP contribution >= 0.6 is 0 Å². The standard InChI is InChI=1S/C13H25N5/c1-11(2)8-14-5-4-12(3)17-6-7-18-10-15-16-13(18)9-17/h10-12,14H,4-9H2,1-3H3. The lowest BCUT2D eigenvalue weighted by Crippen LogP contribution is -2.41. The number of hydrogen-bond acceptors (Lipinski definition) is 4. The maximum absolute atomic E-state index is 4.16. The van der Waals surface area contributed by atoms with Crippen molar-refractivity contribution in [2.75, 3.05) is 19.6 Å². The van der Waals surface area contributed by atoms with Crippen molar-refractivity contribution >= 4 is 0 Å². The molecule has 1 atom stereocenters. The molecule has 0 aliphatic carbocycles. The van der Waals surface area contributed by atoms with Crippen molar-refractivity contribution in [3.8, 4) is 0 Å². The van der Waals surface area contributed by atoms with Crippen molar-refractivity contribution in [3.63, 3.8) is 0 Å². The number of nitrogens with zero attached hydrogens (tertiary/aromatic N) is 4. The van der Waals surface area contributed by atoms with Crippen molar-refractivity contribution in [3.05, 3.63) is 12.2 Å². The van der Waals surface area contributed by atoms with Crippen LogP contribution in [0.4, 0.5) is 0 Å². The number of fused-ring (bicyclic) bond motifs is 1. The van der Waals surface area contributed by atoms with Crippen molar-refractivity contribution in [2.45, 2.75) is 46.3 Å². The van der Waals surface area contributed by atoms with Crippen molar-refractivity contribution < 1.29 is 0 Å². The van der Waals surface area contributed by atoms with Gasteiger partial charge in [0.15, 0.2) is 0 Å². The third kappa shape index (κ3) is 3.53. The highest BCUT2D eigenvalue weighted by atomic mass is 15.3. The van der Waals surface area contributed by atoms with Crippen LogP contribution in [-0.2, 0) is 13.1 Å². The molecule has 5 nitrogen and oxygen atoms in total. The Morgan fingerprint density at radius 3 is 2.94 bits per heavy atom. The van der Waals surface area contributed by atoms with Crippen LogP contribution in [0.2, 0.25) is 0 Å². The van der Waals surface area contributed by atoms with E-state index in [2.05, 4.69) is 45.8 Å². The topological polar surface area (TPSA) is 46.0 Å². The quantitative estimate of drug-likeness (QED) is 0.770. The zero-order valence-corrected chi connectivity index (χ0v) is 11.8. The summed E-state index contributed by atoms with van der Waals surface area (Å²) in [6.07, 6.45) is 3.03. The van der Waals surface area contributed by atoms with E-state index in [0.29, 0.717) is 6.04 Å². The fourth-order valence-corrected chi connectivity index (χ4v) is 2.35. The summed E-state index contributed by atoms with van der Waals surface area (Å²) in [4.78, 5) is 2.50. The van der Waals surface area contributed by atoms with Crippen LogP contribution in [0.15, 0.2) is 6.33 Å². The molecule has 0 aromatic carbocycles. The van der Waals surface area contributed by atoms with E-state index >= 15 is 0 Å². The van der Waals surface area contributed by atoms with Gasteiger partial charge in [-0.1, -0.05) is 13.8 Å². The van der Waals surface area contributed by atoms with Gasteiger partial charge < -0.3 is 9.88 Å². The maximum Gasteiger partial charge on any atom is 0.147 e. The van der Waals surface area contributed by atoms with Crippen LogP contribution in [0, 0.1) is 5.92 Å². The normalized spacial score (nSPS) is 18.0. The fraction of sp³-hybridized carbons (Fsp3) is 0.846. The molecule has 2 heterocycles. The van der Waals surface area contributed by atoms with Gasteiger partial charge in [-0.05, 0) is 32.4 Å². The molecule has 0 bridgehead atoms. The third-order valence-corrected chi connectivity index (χ3v) is 3.58. The molecule has 18 heavy (non-hydrogen) atoms. The molecule has 102 valence electrons. The van der Waals surface area contributed by atoms with Crippen LogP contribution < -0.4 is 5.32 Å². The van der Waals surface area contributed by atoms with Crippen LogP contribution in [0.3, 0.4) is 0 Å². The summed E-state index contributed by atoms with van der Waals surface area (Å²) >= 11 is 0. The molecule has 5 heteroatoms. The summed E-state index contributed by atoms with van der Waals surface area (Å²) in [7, 11) is 0. The van der Waals surface area contributed by atoms with E-state index in [4.69, 9.17) is 0 Å². The Hall–Kier alpha value is -0.940. The second-order valence-electron chi connectivity index (χ2n) is 5.65. The van der Waals surface area contributed by atoms with E-state index in [0.717, 1.165) is 44.5 Å². The zero-order chi connectivity index (χ0) is 13.0. The molecule has 1 aliphatic rings. The lowest BCUT2D eigenvalue weighted by molar-refractivity contribution is 0.155. The maximum atomic E-state index is 4.16. The van der Waals surface area contributed by atoms with Gasteiger partial charge in [0, 0.05) is 19.1 Å². The lowest BCUT2D eigenvalue weighted by Gasteiger charge is -2.32. The monoisotopic (exact) mass is 251 g/mol. The molecule has 0 fully saturated rings. The van der Waals surface area contributed by atoms with Gasteiger partial charge in [0.2, 0.25) is 0 Å². The minimum Gasteiger partial charge on any atom is -0.316 e. The predicted molar refractivity (Wildman–Crippen MR) is 72.2 cm³/mol. The minimum absolute atomic E-state index is 0.607. The number of aromatic nitrogens is 3. The first-order chi connectivity index (χ1) is 8.66. The van der Waals surface area contributed by atoms with Gasteiger partial charge >= 0.3 is 0 Å². The van der Waals surface area contributed by atoms with Gasteiger partial charge in [0.25, 0.3) is 0 Å². The molecule has 0 saturated heterocycles. The van der Waals surface area contributed by atoms with E-state index < -0.39 is 0 Å². The number of rotatable bonds is 6. The molecule has 1 aromatic rings. The Labute approximate surface area is 110 Å². The molecule has 1 aliphatic heterocycles. The largest absolute Gasteiger partial charge is 0.316 e. The zero-order valence-electron chi connectivity index (χ0n) is 11.8. The Kier molecular flexibility index (Phi) is 4.72. The molecular weight excluding hydrogens is 226 g/mol. The summed E-state index contributed by atoms with van der Waals surface area (Å²) in [5.41, 5.74) is 0. The highest BCUT2D eigenvalue weighted by Crippen LogP contribution is 2.13. The Morgan fingerprint density at radius 1 is 1.33 bits per heavy atom. The molecule has 1 unspecified atom stereocenters. The van der Waals surface area contributed by atoms with E-state index in [9.17, 15) is 0 Å². The van der Waals surface area contributed by atoms with E-state index in [1.54, 1.807) is 0 Å². The van der Waals surface area contributed by atoms with Crippen LogP contribution in [0.5, 0.6) is 0 Å². The molecule has 0 spiro atoms. The average Bonchev–Trinajstić information content (AvgIpc) is 2.81. The second-order valence-corrected chi connectivity index (χ2v) is 5.65. The summed E-state index contributed by atoms with van der Waals surface area (Å²) in [6.45, 7) is 12.1. The third-order valence-electron chi connectivity index (χ3n) is 3.58. The molecular formula is C13H25N5. The SMILES string of the molecule is CC(C)CNCCC(C)N1CCn2cnnc2C1. The van der Waals surface area contributed by atoms with Gasteiger partial charge in [0.05, 0.1) is 6.54 Å². The van der Waals surface area contributed by atoms with Crippen molar-refractivity contribution in [1.82, 2.24) is 25.0 Å². The van der Waals surface area contributed by atoms with E-state index in [-0.39, 0.29) is 0 Å². The average molecular weight is 251 g/mol. The Morgan fingerprint density at radius 2 is 2.17 bits per heavy atom. The molecule has 0 saturated carbocycles. The first-order valence-electron chi connectivity index (χ1n) is 6.98. The summed E-state index contributed by atoms with van der Waals surface area (Å²) in [5, 5.41) is 11.6. The number of nitrogens with one attached hydrogen (secondary N) is 1. The van der Waals surface area contributed by atoms with Gasteiger partial charge in [-0.15, -0.1) is 10.2 Å². The Bertz CT molecular complexity index is 360. The highest BCUT2D eigenvalue weighted by molar-refractivity contribution is 4.91. The lowest BCUT2D eigenvalue weighted by atomic mass is 10.1. The minimum atomic E-state index is 0.607. The molecule has 2 rings (SSSR count). The van der Waals surface area contributed by atoms with Crippen LogP contribution in [0.25, 0.3) is 0 Å². The first kappa shape index (κ1) is 13.5. The molecule has 1 N–H and O–H groups in total. The van der Waals surface area contributed by atoms with Crippen molar-refractivity contribution in [1.29, 1.82) is 0 Å².